The maximum absolute atomic E-state index is 12.2. The lowest BCUT2D eigenvalue weighted by Gasteiger charge is -2.20. The molecule has 0 spiro atoms. The standard InChI is InChI=1S/C20H25N3O6/c1-12-16(13(2)29-23-12)10-27-15-8-6-7-14(9-15)18(25)28-11-17(24)21-19(26)22-20(3,4)5/h6-9H,10-11H2,1-5H3,(H2,21,22,24,26). The molecule has 0 fully saturated rings. The van der Waals surface area contributed by atoms with E-state index in [0.29, 0.717) is 11.5 Å². The molecule has 0 saturated carbocycles. The molecule has 0 saturated heterocycles. The number of nitrogens with zero attached hydrogens (tertiary/aromatic N) is 1. The lowest BCUT2D eigenvalue weighted by molar-refractivity contribution is -0.123. The summed E-state index contributed by atoms with van der Waals surface area (Å²) in [7, 11) is 0. The fourth-order valence-corrected chi connectivity index (χ4v) is 2.33. The van der Waals surface area contributed by atoms with Crippen molar-refractivity contribution in [2.24, 2.45) is 0 Å². The van der Waals surface area contributed by atoms with Gasteiger partial charge in [0.05, 0.1) is 16.8 Å². The fraction of sp³-hybridized carbons (Fsp3) is 0.400. The number of carbonyl (C=O) groups excluding carboxylic acids is 3. The van der Waals surface area contributed by atoms with Crippen molar-refractivity contribution in [2.75, 3.05) is 6.61 Å². The minimum atomic E-state index is -0.731. The van der Waals surface area contributed by atoms with Gasteiger partial charge in [-0.3, -0.25) is 10.1 Å². The van der Waals surface area contributed by atoms with Crippen molar-refractivity contribution in [1.29, 1.82) is 0 Å². The molecule has 0 radical (unpaired) electrons. The Morgan fingerprint density at radius 1 is 1.17 bits per heavy atom. The second kappa shape index (κ2) is 9.22. The largest absolute Gasteiger partial charge is 0.489 e. The van der Waals surface area contributed by atoms with E-state index in [9.17, 15) is 14.4 Å². The van der Waals surface area contributed by atoms with Gasteiger partial charge in [-0.05, 0) is 52.8 Å². The minimum absolute atomic E-state index is 0.216. The van der Waals surface area contributed by atoms with Crippen LogP contribution in [0.1, 0.15) is 48.1 Å². The zero-order chi connectivity index (χ0) is 21.6. The first kappa shape index (κ1) is 21.9. The van der Waals surface area contributed by atoms with Gasteiger partial charge in [-0.15, -0.1) is 0 Å². The molecular weight excluding hydrogens is 378 g/mol. The number of amides is 3. The molecule has 1 aromatic heterocycles. The van der Waals surface area contributed by atoms with Crippen molar-refractivity contribution >= 4 is 17.9 Å². The highest BCUT2D eigenvalue weighted by molar-refractivity contribution is 5.97. The van der Waals surface area contributed by atoms with E-state index in [-0.39, 0.29) is 12.2 Å². The quantitative estimate of drug-likeness (QED) is 0.712. The van der Waals surface area contributed by atoms with Crippen LogP contribution in [-0.2, 0) is 16.1 Å². The molecule has 0 bridgehead atoms. The van der Waals surface area contributed by atoms with Gasteiger partial charge in [-0.2, -0.15) is 0 Å². The SMILES string of the molecule is Cc1noc(C)c1COc1cccc(C(=O)OCC(=O)NC(=O)NC(C)(C)C)c1. The Hall–Kier alpha value is -3.36. The summed E-state index contributed by atoms with van der Waals surface area (Å²) in [5.74, 6) is -0.321. The summed E-state index contributed by atoms with van der Waals surface area (Å²) < 4.78 is 15.7. The molecule has 156 valence electrons. The molecule has 9 heteroatoms. The normalized spacial score (nSPS) is 10.9. The third-order valence-electron chi connectivity index (χ3n) is 3.71. The summed E-state index contributed by atoms with van der Waals surface area (Å²) in [6, 6.07) is 5.71. The highest BCUT2D eigenvalue weighted by Gasteiger charge is 2.17. The predicted octanol–water partition coefficient (Wildman–Crippen LogP) is 2.65. The molecule has 3 amide bonds. The summed E-state index contributed by atoms with van der Waals surface area (Å²) in [5, 5.41) is 8.53. The van der Waals surface area contributed by atoms with Gasteiger partial charge in [0.25, 0.3) is 5.91 Å². The minimum Gasteiger partial charge on any atom is -0.489 e. The molecule has 1 heterocycles. The number of esters is 1. The van der Waals surface area contributed by atoms with Crippen molar-refractivity contribution in [2.45, 2.75) is 46.8 Å². The van der Waals surface area contributed by atoms with Crippen molar-refractivity contribution in [1.82, 2.24) is 15.8 Å². The average molecular weight is 403 g/mol. The second-order valence-electron chi connectivity index (χ2n) is 7.45. The van der Waals surface area contributed by atoms with E-state index in [1.54, 1.807) is 39.8 Å². The maximum atomic E-state index is 12.2. The molecule has 0 unspecified atom stereocenters. The van der Waals surface area contributed by atoms with Crippen molar-refractivity contribution < 1.29 is 28.4 Å². The van der Waals surface area contributed by atoms with Gasteiger partial charge >= 0.3 is 12.0 Å². The highest BCUT2D eigenvalue weighted by atomic mass is 16.5. The average Bonchev–Trinajstić information content (AvgIpc) is 2.94. The van der Waals surface area contributed by atoms with Crippen molar-refractivity contribution in [3.8, 4) is 5.75 Å². The number of aryl methyl sites for hydroxylation is 2. The number of urea groups is 1. The molecule has 0 aliphatic heterocycles. The molecule has 9 nitrogen and oxygen atoms in total. The molecule has 29 heavy (non-hydrogen) atoms. The Kier molecular flexibility index (Phi) is 6.98. The number of imide groups is 1. The lowest BCUT2D eigenvalue weighted by atomic mass is 10.1. The van der Waals surface area contributed by atoms with Crippen molar-refractivity contribution in [3.05, 3.63) is 46.8 Å². The molecule has 0 aliphatic rings. The van der Waals surface area contributed by atoms with Gasteiger partial charge in [-0.1, -0.05) is 11.2 Å². The van der Waals surface area contributed by atoms with Crippen LogP contribution >= 0.6 is 0 Å². The molecule has 2 rings (SSSR count). The third kappa shape index (κ3) is 6.95. The number of rotatable bonds is 6. The number of aromatic nitrogens is 1. The van der Waals surface area contributed by atoms with E-state index in [2.05, 4.69) is 15.8 Å². The molecular formula is C20H25N3O6. The van der Waals surface area contributed by atoms with Gasteiger partial charge in [-0.25, -0.2) is 9.59 Å². The molecule has 0 atom stereocenters. The molecule has 0 aliphatic carbocycles. The Bertz CT molecular complexity index is 878. The van der Waals surface area contributed by atoms with Gasteiger partial charge < -0.3 is 19.3 Å². The van der Waals surface area contributed by atoms with E-state index in [1.807, 2.05) is 6.92 Å². The van der Waals surface area contributed by atoms with Gasteiger partial charge in [0, 0.05) is 5.54 Å². The van der Waals surface area contributed by atoms with Crippen LogP contribution in [0.2, 0.25) is 0 Å². The monoisotopic (exact) mass is 403 g/mol. The summed E-state index contributed by atoms with van der Waals surface area (Å²) in [6.45, 7) is 8.59. The van der Waals surface area contributed by atoms with Crippen molar-refractivity contribution in [3.63, 3.8) is 0 Å². The Morgan fingerprint density at radius 2 is 1.90 bits per heavy atom. The number of hydrogen-bond donors (Lipinski definition) is 2. The summed E-state index contributed by atoms with van der Waals surface area (Å²) >= 11 is 0. The van der Waals surface area contributed by atoms with E-state index in [0.717, 1.165) is 11.3 Å². The van der Waals surface area contributed by atoms with E-state index >= 15 is 0 Å². The van der Waals surface area contributed by atoms with E-state index < -0.39 is 30.1 Å². The van der Waals surface area contributed by atoms with Crippen LogP contribution in [0.15, 0.2) is 28.8 Å². The fourth-order valence-electron chi connectivity index (χ4n) is 2.33. The van der Waals surface area contributed by atoms with Crippen LogP contribution in [0, 0.1) is 13.8 Å². The second-order valence-corrected chi connectivity index (χ2v) is 7.45. The first-order valence-corrected chi connectivity index (χ1v) is 8.99. The number of hydrogen-bond acceptors (Lipinski definition) is 7. The highest BCUT2D eigenvalue weighted by Crippen LogP contribution is 2.19. The molecule has 1 aromatic carbocycles. The van der Waals surface area contributed by atoms with Crippen LogP contribution in [-0.4, -0.2) is 35.2 Å². The molecule has 2 N–H and O–H groups in total. The zero-order valence-electron chi connectivity index (χ0n) is 17.1. The Balaban J connectivity index is 1.87. The van der Waals surface area contributed by atoms with Gasteiger partial charge in [0.1, 0.15) is 18.1 Å². The molecule has 2 aromatic rings. The summed E-state index contributed by atoms with van der Waals surface area (Å²) in [5.41, 5.74) is 1.29. The number of ether oxygens (including phenoxy) is 2. The Morgan fingerprint density at radius 3 is 2.52 bits per heavy atom. The topological polar surface area (TPSA) is 120 Å². The van der Waals surface area contributed by atoms with Crippen LogP contribution in [0.3, 0.4) is 0 Å². The number of nitrogens with one attached hydrogen (secondary N) is 2. The van der Waals surface area contributed by atoms with Crippen LogP contribution in [0.25, 0.3) is 0 Å². The van der Waals surface area contributed by atoms with Crippen LogP contribution in [0.4, 0.5) is 4.79 Å². The summed E-state index contributed by atoms with van der Waals surface area (Å²) in [4.78, 5) is 35.6. The van der Waals surface area contributed by atoms with E-state index in [1.165, 1.54) is 12.1 Å². The number of benzene rings is 1. The van der Waals surface area contributed by atoms with Crippen LogP contribution in [0.5, 0.6) is 5.75 Å². The first-order valence-electron chi connectivity index (χ1n) is 8.99. The number of carbonyl (C=O) groups is 3. The van der Waals surface area contributed by atoms with E-state index in [4.69, 9.17) is 14.0 Å². The van der Waals surface area contributed by atoms with Gasteiger partial charge in [0.2, 0.25) is 0 Å². The predicted molar refractivity (Wildman–Crippen MR) is 103 cm³/mol. The zero-order valence-corrected chi connectivity index (χ0v) is 17.1. The lowest BCUT2D eigenvalue weighted by Crippen LogP contribution is -2.49. The first-order chi connectivity index (χ1) is 13.5. The maximum Gasteiger partial charge on any atom is 0.338 e. The summed E-state index contributed by atoms with van der Waals surface area (Å²) in [6.07, 6.45) is 0. The van der Waals surface area contributed by atoms with Gasteiger partial charge in [0.15, 0.2) is 6.61 Å². The smallest absolute Gasteiger partial charge is 0.338 e. The third-order valence-corrected chi connectivity index (χ3v) is 3.71. The van der Waals surface area contributed by atoms with Crippen LogP contribution < -0.4 is 15.4 Å². The Labute approximate surface area is 168 Å².